The molecule has 1 saturated heterocycles. The van der Waals surface area contributed by atoms with Crippen molar-refractivity contribution in [1.82, 2.24) is 30.2 Å². The van der Waals surface area contributed by atoms with Gasteiger partial charge in [-0.05, 0) is 18.9 Å². The second-order valence-corrected chi connectivity index (χ2v) is 23.2. The topological polar surface area (TPSA) is 375 Å². The minimum Gasteiger partial charge on any atom is -0.790 e. The van der Waals surface area contributed by atoms with E-state index in [1.165, 1.54) is 110 Å². The van der Waals surface area contributed by atoms with Crippen molar-refractivity contribution in [2.24, 2.45) is 5.41 Å². The highest BCUT2D eigenvalue weighted by molar-refractivity contribution is 8.14. The standard InChI is InChI=1S/C43H76N7O17P3S/c1-4-5-6-7-8-9-10-11-12-13-14-15-16-17-18-19-20-21-22-23-34(52)71-27-26-45-33(51)24-25-46-41(55)38(54)43(2,3)29-64-70(61,62)67-69(59,60)63-28-32-37(66-68(56,57)58)36(53)42(65-32)50-31-49-35-39(44)47-30-48-40(35)50/h22-23,30-32,36-38,42,53-54H,4-21,24-29H2,1-3H3,(H,45,51)(H,46,55)(H,59,60)(H,61,62)(H2,44,47,48)(H2,56,57,58)/p-4/b23-22+/t32-,36-,37-,38+,42-/m1/s1. The van der Waals surface area contributed by atoms with Crippen LogP contribution in [0, 0.1) is 5.41 Å². The maximum Gasteiger partial charge on any atom is 0.274 e. The number of nitrogens with two attached hydrogens (primary N) is 1. The van der Waals surface area contributed by atoms with Gasteiger partial charge in [0.05, 0.1) is 27.4 Å². The van der Waals surface area contributed by atoms with Crippen LogP contribution in [0.2, 0.25) is 0 Å². The molecule has 2 aromatic rings. The molecular formula is C43H72N7O17P3S-4. The summed E-state index contributed by atoms with van der Waals surface area (Å²) in [5, 5.41) is 26.3. The van der Waals surface area contributed by atoms with Crippen LogP contribution in [0.25, 0.3) is 11.2 Å². The summed E-state index contributed by atoms with van der Waals surface area (Å²) < 4.78 is 60.9. The number of anilines is 1. The second-order valence-electron chi connectivity index (χ2n) is 18.0. The molecule has 7 atom stereocenters. The zero-order valence-corrected chi connectivity index (χ0v) is 44.3. The number of amides is 2. The maximum absolute atomic E-state index is 12.7. The molecule has 2 aromatic heterocycles. The summed E-state index contributed by atoms with van der Waals surface area (Å²) in [6.07, 6.45) is 18.9. The molecule has 0 radical (unpaired) electrons. The number of hydrogen-bond donors (Lipinski definition) is 5. The van der Waals surface area contributed by atoms with Gasteiger partial charge in [0.25, 0.3) is 15.6 Å². The number of aromatic nitrogens is 4. The number of nitrogens with one attached hydrogen (secondary N) is 2. The van der Waals surface area contributed by atoms with E-state index in [2.05, 4.69) is 50.4 Å². The number of imidazole rings is 1. The van der Waals surface area contributed by atoms with Gasteiger partial charge in [0, 0.05) is 30.7 Å². The number of thioether (sulfide) groups is 1. The Hall–Kier alpha value is -2.70. The summed E-state index contributed by atoms with van der Waals surface area (Å²) in [6, 6.07) is 0. The SMILES string of the molecule is CCCCCCCCCCCCCCCCCCC/C=C/C(=O)SCCNC(=O)CCNC(=O)[C@H](O)C(C)(C)COP(=O)([O-])OP(=O)([O-])OC[C@H]1O[C@@H](n2cnc3c(N)ncnc32)[C@H](O)[C@@H]1OP(=O)([O-])[O-]. The number of phosphoric acid groups is 3. The van der Waals surface area contributed by atoms with E-state index in [0.29, 0.717) is 5.75 Å². The Labute approximate surface area is 419 Å². The van der Waals surface area contributed by atoms with Gasteiger partial charge in [0.2, 0.25) is 16.9 Å². The van der Waals surface area contributed by atoms with Gasteiger partial charge in [0.1, 0.15) is 36.3 Å². The number of aliphatic hydroxyl groups is 2. The third kappa shape index (κ3) is 24.5. The number of rotatable bonds is 38. The molecule has 24 nitrogen and oxygen atoms in total. The lowest BCUT2D eigenvalue weighted by Gasteiger charge is -2.36. The van der Waals surface area contributed by atoms with Crippen molar-refractivity contribution in [3.63, 3.8) is 0 Å². The largest absolute Gasteiger partial charge is 0.790 e. The number of ether oxygens (including phenoxy) is 1. The Morgan fingerprint density at radius 1 is 0.873 bits per heavy atom. The number of carbonyl (C=O) groups excluding carboxylic acids is 3. The number of carbonyl (C=O) groups is 3. The van der Waals surface area contributed by atoms with E-state index in [1.807, 2.05) is 6.08 Å². The highest BCUT2D eigenvalue weighted by Gasteiger charge is 2.47. The molecule has 406 valence electrons. The average molecular weight is 1080 g/mol. The van der Waals surface area contributed by atoms with E-state index in [1.54, 1.807) is 6.08 Å². The van der Waals surface area contributed by atoms with Crippen LogP contribution in [0.15, 0.2) is 24.8 Å². The van der Waals surface area contributed by atoms with Gasteiger partial charge in [-0.3, -0.25) is 28.1 Å². The Kier molecular flexibility index (Phi) is 28.1. The fourth-order valence-corrected chi connectivity index (χ4v) is 10.8. The lowest BCUT2D eigenvalue weighted by atomic mass is 9.87. The first-order valence-electron chi connectivity index (χ1n) is 24.2. The number of nitrogen functional groups attached to an aromatic ring is 1. The molecule has 2 unspecified atom stereocenters. The summed E-state index contributed by atoms with van der Waals surface area (Å²) in [5.74, 6) is -1.20. The monoisotopic (exact) mass is 1080 g/mol. The van der Waals surface area contributed by atoms with Crippen LogP contribution in [0.4, 0.5) is 5.82 Å². The zero-order valence-electron chi connectivity index (χ0n) is 40.8. The molecule has 1 aliphatic rings. The number of unbranched alkanes of at least 4 members (excludes halogenated alkanes) is 17. The summed E-state index contributed by atoms with van der Waals surface area (Å²) in [5.41, 5.74) is 4.09. The molecule has 28 heteroatoms. The van der Waals surface area contributed by atoms with E-state index in [0.717, 1.165) is 48.2 Å². The van der Waals surface area contributed by atoms with Gasteiger partial charge < -0.3 is 69.0 Å². The van der Waals surface area contributed by atoms with Crippen molar-refractivity contribution in [3.05, 3.63) is 24.8 Å². The van der Waals surface area contributed by atoms with Crippen LogP contribution < -0.4 is 35.9 Å². The van der Waals surface area contributed by atoms with E-state index in [9.17, 15) is 57.9 Å². The molecule has 0 aliphatic carbocycles. The Balaban J connectivity index is 1.26. The third-order valence-electron chi connectivity index (χ3n) is 11.4. The predicted molar refractivity (Wildman–Crippen MR) is 256 cm³/mol. The molecule has 6 N–H and O–H groups in total. The minimum atomic E-state index is -5.92. The molecule has 0 aromatic carbocycles. The smallest absolute Gasteiger partial charge is 0.274 e. The first kappa shape index (κ1) is 62.6. The van der Waals surface area contributed by atoms with Crippen LogP contribution in [-0.2, 0) is 50.7 Å². The fourth-order valence-electron chi connectivity index (χ4n) is 7.47. The third-order valence-corrected chi connectivity index (χ3v) is 15.3. The van der Waals surface area contributed by atoms with Gasteiger partial charge in [-0.1, -0.05) is 141 Å². The van der Waals surface area contributed by atoms with Crippen molar-refractivity contribution in [2.45, 2.75) is 173 Å². The van der Waals surface area contributed by atoms with Crippen LogP contribution in [0.1, 0.15) is 149 Å². The summed E-state index contributed by atoms with van der Waals surface area (Å²) >= 11 is 1.06. The van der Waals surface area contributed by atoms with Crippen molar-refractivity contribution < 1.29 is 80.5 Å². The average Bonchev–Trinajstić information content (AvgIpc) is 3.86. The van der Waals surface area contributed by atoms with Crippen molar-refractivity contribution in [2.75, 3.05) is 37.8 Å². The summed E-state index contributed by atoms with van der Waals surface area (Å²) in [6.45, 7) is 2.38. The normalized spacial score (nSPS) is 19.7. The summed E-state index contributed by atoms with van der Waals surface area (Å²) in [4.78, 5) is 96.9. The Bertz CT molecular complexity index is 2120. The van der Waals surface area contributed by atoms with Crippen LogP contribution in [-0.4, -0.2) is 103 Å². The van der Waals surface area contributed by atoms with Gasteiger partial charge in [-0.2, -0.15) is 0 Å². The minimum absolute atomic E-state index is 0.0190. The van der Waals surface area contributed by atoms with Gasteiger partial charge in [-0.25, -0.2) is 19.3 Å². The van der Waals surface area contributed by atoms with Crippen LogP contribution >= 0.6 is 35.2 Å². The van der Waals surface area contributed by atoms with Gasteiger partial charge >= 0.3 is 0 Å². The Morgan fingerprint density at radius 3 is 2.04 bits per heavy atom. The quantitative estimate of drug-likeness (QED) is 0.0363. The molecule has 0 bridgehead atoms. The summed E-state index contributed by atoms with van der Waals surface area (Å²) in [7, 11) is -17.6. The Morgan fingerprint density at radius 2 is 1.45 bits per heavy atom. The van der Waals surface area contributed by atoms with Crippen molar-refractivity contribution in [3.8, 4) is 0 Å². The van der Waals surface area contributed by atoms with Gasteiger partial charge in [0.15, 0.2) is 17.7 Å². The van der Waals surface area contributed by atoms with E-state index >= 15 is 0 Å². The molecule has 3 heterocycles. The number of hydrogen-bond acceptors (Lipinski definition) is 22. The molecule has 3 rings (SSSR count). The zero-order chi connectivity index (χ0) is 52.5. The van der Waals surface area contributed by atoms with Crippen LogP contribution in [0.3, 0.4) is 0 Å². The molecular weight excluding hydrogens is 1010 g/mol. The van der Waals surface area contributed by atoms with E-state index < -0.39 is 84.6 Å². The van der Waals surface area contributed by atoms with Crippen LogP contribution in [0.5, 0.6) is 0 Å². The predicted octanol–water partition coefficient (Wildman–Crippen LogP) is 3.73. The maximum atomic E-state index is 12.7. The van der Waals surface area contributed by atoms with Crippen molar-refractivity contribution >= 4 is 69.1 Å². The molecule has 0 saturated carbocycles. The number of aliphatic hydroxyl groups excluding tert-OH is 2. The first-order chi connectivity index (χ1) is 33.6. The highest BCUT2D eigenvalue weighted by Crippen LogP contribution is 2.56. The second kappa shape index (κ2) is 31.9. The fraction of sp³-hybridized carbons (Fsp3) is 0.767. The molecule has 2 amide bonds. The lowest BCUT2D eigenvalue weighted by Crippen LogP contribution is -2.46. The molecule has 1 fully saturated rings. The number of allylic oxidation sites excluding steroid dienone is 1. The number of nitrogens with zero attached hydrogens (tertiary/aromatic N) is 4. The lowest BCUT2D eigenvalue weighted by molar-refractivity contribution is -0.347. The highest BCUT2D eigenvalue weighted by atomic mass is 32.2. The number of fused-ring (bicyclic) bond motifs is 1. The van der Waals surface area contributed by atoms with Crippen molar-refractivity contribution in [1.29, 1.82) is 0 Å². The number of phosphoric ester groups is 3. The van der Waals surface area contributed by atoms with E-state index in [-0.39, 0.29) is 41.6 Å². The molecule has 71 heavy (non-hydrogen) atoms. The van der Waals surface area contributed by atoms with Gasteiger partial charge in [-0.15, -0.1) is 0 Å². The van der Waals surface area contributed by atoms with E-state index in [4.69, 9.17) is 10.5 Å². The first-order valence-corrected chi connectivity index (χ1v) is 29.6. The molecule has 0 spiro atoms. The molecule has 1 aliphatic heterocycles.